The molecule has 0 N–H and O–H groups in total. The Bertz CT molecular complexity index is 490. The first-order valence-corrected chi connectivity index (χ1v) is 7.59. The van der Waals surface area contributed by atoms with Crippen LogP contribution in [0, 0.1) is 0 Å². The molecule has 2 aromatic rings. The summed E-state index contributed by atoms with van der Waals surface area (Å²) >= 11 is 1.90. The van der Waals surface area contributed by atoms with E-state index in [-0.39, 0.29) is 0 Å². The van der Waals surface area contributed by atoms with Crippen LogP contribution in [0.2, 0.25) is 0 Å². The second-order valence-electron chi connectivity index (χ2n) is 4.70. The Morgan fingerprint density at radius 1 is 1.05 bits per heavy atom. The maximum absolute atomic E-state index is 3.88. The van der Waals surface area contributed by atoms with E-state index in [0.717, 1.165) is 11.6 Å². The van der Waals surface area contributed by atoms with E-state index in [4.69, 9.17) is 0 Å². The second kappa shape index (κ2) is 6.16. The quantitative estimate of drug-likeness (QED) is 0.801. The van der Waals surface area contributed by atoms with Gasteiger partial charge in [-0.3, -0.25) is 4.90 Å². The van der Waals surface area contributed by atoms with Gasteiger partial charge in [0.2, 0.25) is 0 Å². The van der Waals surface area contributed by atoms with Gasteiger partial charge in [0.15, 0.2) is 0 Å². The largest absolute Gasteiger partial charge is 0.294 e. The summed E-state index contributed by atoms with van der Waals surface area (Å²) in [4.78, 5) is 3.83. The molecule has 1 fully saturated rings. The van der Waals surface area contributed by atoms with E-state index in [0.29, 0.717) is 0 Å². The number of likely N-dealkylation sites (tertiary alicyclic amines) is 1. The molecule has 1 aliphatic rings. The third-order valence-electron chi connectivity index (χ3n) is 3.31. The molecule has 0 aliphatic carbocycles. The number of tetrazole rings is 1. The van der Waals surface area contributed by atoms with Crippen LogP contribution in [0.25, 0.3) is 5.69 Å². The SMILES string of the molecule is c1cc(-n2cnnn2)ccc1SCN1CCCCC1. The van der Waals surface area contributed by atoms with Gasteiger partial charge in [0.05, 0.1) is 5.69 Å². The highest BCUT2D eigenvalue weighted by Crippen LogP contribution is 2.22. The van der Waals surface area contributed by atoms with E-state index in [1.54, 1.807) is 11.0 Å². The second-order valence-corrected chi connectivity index (χ2v) is 5.72. The van der Waals surface area contributed by atoms with Gasteiger partial charge in [-0.05, 0) is 60.6 Å². The molecule has 1 saturated heterocycles. The first kappa shape index (κ1) is 12.6. The predicted molar refractivity (Wildman–Crippen MR) is 75.3 cm³/mol. The minimum Gasteiger partial charge on any atom is -0.294 e. The topological polar surface area (TPSA) is 46.8 Å². The number of piperidine rings is 1. The third-order valence-corrected chi connectivity index (χ3v) is 4.41. The van der Waals surface area contributed by atoms with Crippen LogP contribution in [0.3, 0.4) is 0 Å². The Labute approximate surface area is 117 Å². The van der Waals surface area contributed by atoms with E-state index in [9.17, 15) is 0 Å². The summed E-state index contributed by atoms with van der Waals surface area (Å²) in [6, 6.07) is 8.36. The normalized spacial score (nSPS) is 16.6. The molecule has 6 heteroatoms. The standard InChI is InChI=1S/C13H17N5S/c1-2-8-17(9-3-1)11-19-13-6-4-12(5-7-13)18-10-14-15-16-18/h4-7,10H,1-3,8-9,11H2. The summed E-state index contributed by atoms with van der Waals surface area (Å²) in [5.41, 5.74) is 0.993. The summed E-state index contributed by atoms with van der Waals surface area (Å²) in [6.45, 7) is 2.49. The lowest BCUT2D eigenvalue weighted by atomic mass is 10.1. The highest BCUT2D eigenvalue weighted by Gasteiger charge is 2.09. The van der Waals surface area contributed by atoms with Crippen molar-refractivity contribution in [2.75, 3.05) is 19.0 Å². The molecule has 100 valence electrons. The van der Waals surface area contributed by atoms with E-state index in [1.165, 1.54) is 37.2 Å². The van der Waals surface area contributed by atoms with Crippen LogP contribution in [0.4, 0.5) is 0 Å². The zero-order chi connectivity index (χ0) is 12.9. The predicted octanol–water partition coefficient (Wildman–Crippen LogP) is 2.20. The van der Waals surface area contributed by atoms with Crippen LogP contribution >= 0.6 is 11.8 Å². The van der Waals surface area contributed by atoms with Crippen LogP contribution in [-0.2, 0) is 0 Å². The Morgan fingerprint density at radius 2 is 1.84 bits per heavy atom. The molecule has 0 spiro atoms. The van der Waals surface area contributed by atoms with Crippen molar-refractivity contribution in [3.05, 3.63) is 30.6 Å². The van der Waals surface area contributed by atoms with Gasteiger partial charge in [-0.25, -0.2) is 4.68 Å². The van der Waals surface area contributed by atoms with Gasteiger partial charge >= 0.3 is 0 Å². The molecule has 1 aromatic heterocycles. The van der Waals surface area contributed by atoms with Gasteiger partial charge in [-0.2, -0.15) is 0 Å². The lowest BCUT2D eigenvalue weighted by molar-refractivity contribution is 0.266. The fourth-order valence-electron chi connectivity index (χ4n) is 2.23. The van der Waals surface area contributed by atoms with Gasteiger partial charge < -0.3 is 0 Å². The zero-order valence-electron chi connectivity index (χ0n) is 10.8. The van der Waals surface area contributed by atoms with Crippen molar-refractivity contribution < 1.29 is 0 Å². The molecule has 2 heterocycles. The number of hydrogen-bond acceptors (Lipinski definition) is 5. The highest BCUT2D eigenvalue weighted by molar-refractivity contribution is 7.99. The van der Waals surface area contributed by atoms with Crippen molar-refractivity contribution in [2.45, 2.75) is 24.2 Å². The van der Waals surface area contributed by atoms with Crippen LogP contribution in [-0.4, -0.2) is 44.1 Å². The lowest BCUT2D eigenvalue weighted by Crippen LogP contribution is -2.29. The number of aromatic nitrogens is 4. The van der Waals surface area contributed by atoms with Gasteiger partial charge in [-0.15, -0.1) is 16.9 Å². The third kappa shape index (κ3) is 3.33. The van der Waals surface area contributed by atoms with Crippen LogP contribution in [0.1, 0.15) is 19.3 Å². The molecule has 5 nitrogen and oxygen atoms in total. The summed E-state index contributed by atoms with van der Waals surface area (Å²) in [5.74, 6) is 1.09. The monoisotopic (exact) mass is 275 g/mol. The average Bonchev–Trinajstić information content (AvgIpc) is 3.01. The van der Waals surface area contributed by atoms with E-state index >= 15 is 0 Å². The van der Waals surface area contributed by atoms with Gasteiger partial charge in [0, 0.05) is 10.8 Å². The molecule has 0 radical (unpaired) electrons. The summed E-state index contributed by atoms with van der Waals surface area (Å²) in [7, 11) is 0. The molecule has 19 heavy (non-hydrogen) atoms. The van der Waals surface area contributed by atoms with Crippen molar-refractivity contribution in [1.82, 2.24) is 25.1 Å². The van der Waals surface area contributed by atoms with E-state index in [2.05, 4.69) is 44.7 Å². The first-order valence-electron chi connectivity index (χ1n) is 6.60. The molecular weight excluding hydrogens is 258 g/mol. The number of thioether (sulfide) groups is 1. The zero-order valence-corrected chi connectivity index (χ0v) is 11.6. The number of nitrogens with zero attached hydrogens (tertiary/aromatic N) is 5. The maximum atomic E-state index is 3.88. The Balaban J connectivity index is 1.57. The number of rotatable bonds is 4. The van der Waals surface area contributed by atoms with Gasteiger partial charge in [0.1, 0.15) is 6.33 Å². The van der Waals surface area contributed by atoms with Crippen molar-refractivity contribution in [3.8, 4) is 5.69 Å². The minimum atomic E-state index is 0.993. The Kier molecular flexibility index (Phi) is 4.10. The van der Waals surface area contributed by atoms with Gasteiger partial charge in [0.25, 0.3) is 0 Å². The molecular formula is C13H17N5S. The molecule has 3 rings (SSSR count). The average molecular weight is 275 g/mol. The van der Waals surface area contributed by atoms with Crippen LogP contribution in [0.15, 0.2) is 35.5 Å². The van der Waals surface area contributed by atoms with Crippen molar-refractivity contribution in [2.24, 2.45) is 0 Å². The van der Waals surface area contributed by atoms with Crippen molar-refractivity contribution in [1.29, 1.82) is 0 Å². The Hall–Kier alpha value is -1.40. The number of hydrogen-bond donors (Lipinski definition) is 0. The van der Waals surface area contributed by atoms with Crippen LogP contribution in [0.5, 0.6) is 0 Å². The molecule has 0 saturated carbocycles. The smallest absolute Gasteiger partial charge is 0.143 e. The molecule has 0 bridgehead atoms. The summed E-state index contributed by atoms with van der Waals surface area (Å²) in [5, 5.41) is 11.2. The first-order chi connectivity index (χ1) is 9.42. The van der Waals surface area contributed by atoms with Crippen LogP contribution < -0.4 is 0 Å². The number of benzene rings is 1. The molecule has 1 aliphatic heterocycles. The molecule has 0 atom stereocenters. The molecule has 1 aromatic carbocycles. The van der Waals surface area contributed by atoms with Crippen molar-refractivity contribution in [3.63, 3.8) is 0 Å². The molecule has 0 amide bonds. The van der Waals surface area contributed by atoms with Gasteiger partial charge in [-0.1, -0.05) is 6.42 Å². The van der Waals surface area contributed by atoms with Crippen molar-refractivity contribution >= 4 is 11.8 Å². The maximum Gasteiger partial charge on any atom is 0.143 e. The lowest BCUT2D eigenvalue weighted by Gasteiger charge is -2.25. The van der Waals surface area contributed by atoms with E-state index in [1.807, 2.05) is 11.8 Å². The fraction of sp³-hybridized carbons (Fsp3) is 0.462. The Morgan fingerprint density at radius 3 is 2.53 bits per heavy atom. The fourth-order valence-corrected chi connectivity index (χ4v) is 3.15. The van der Waals surface area contributed by atoms with E-state index < -0.39 is 0 Å². The highest BCUT2D eigenvalue weighted by atomic mass is 32.2. The summed E-state index contributed by atoms with van der Waals surface area (Å²) in [6.07, 6.45) is 5.69. The molecule has 0 unspecified atom stereocenters. The minimum absolute atomic E-state index is 0.993. The summed E-state index contributed by atoms with van der Waals surface area (Å²) < 4.78 is 1.67.